The molecular formula is C13H18O3S. The molecule has 0 amide bonds. The highest BCUT2D eigenvalue weighted by atomic mass is 32.2. The number of rotatable bonds is 5. The van der Waals surface area contributed by atoms with Gasteiger partial charge in [-0.25, -0.2) is 0 Å². The Morgan fingerprint density at radius 2 is 2.35 bits per heavy atom. The maximum absolute atomic E-state index is 9.96. The summed E-state index contributed by atoms with van der Waals surface area (Å²) in [6.45, 7) is 3.09. The van der Waals surface area contributed by atoms with E-state index in [1.54, 1.807) is 11.8 Å². The molecule has 0 fully saturated rings. The molecule has 4 heteroatoms. The van der Waals surface area contributed by atoms with Gasteiger partial charge in [-0.1, -0.05) is 19.1 Å². The van der Waals surface area contributed by atoms with Crippen molar-refractivity contribution in [3.8, 4) is 5.75 Å². The Balaban J connectivity index is 1.88. The molecule has 17 heavy (non-hydrogen) atoms. The number of aliphatic hydroxyl groups excluding tert-OH is 1. The zero-order valence-electron chi connectivity index (χ0n) is 9.96. The van der Waals surface area contributed by atoms with Gasteiger partial charge in [0.2, 0.25) is 0 Å². The van der Waals surface area contributed by atoms with Crippen molar-refractivity contribution in [2.45, 2.75) is 30.4 Å². The molecule has 3 nitrogen and oxygen atoms in total. The molecule has 1 N–H and O–H groups in total. The van der Waals surface area contributed by atoms with Gasteiger partial charge >= 0.3 is 0 Å². The minimum atomic E-state index is -0.553. The molecule has 2 unspecified atom stereocenters. The van der Waals surface area contributed by atoms with Crippen molar-refractivity contribution in [1.82, 2.24) is 0 Å². The number of fused-ring (bicyclic) bond motifs is 1. The van der Waals surface area contributed by atoms with Gasteiger partial charge in [0.25, 0.3) is 0 Å². The monoisotopic (exact) mass is 254 g/mol. The Hall–Kier alpha value is -0.710. The topological polar surface area (TPSA) is 38.7 Å². The van der Waals surface area contributed by atoms with E-state index >= 15 is 0 Å². The Kier molecular flexibility index (Phi) is 4.71. The Bertz CT molecular complexity index is 356. The van der Waals surface area contributed by atoms with Gasteiger partial charge in [0, 0.05) is 17.3 Å². The van der Waals surface area contributed by atoms with Gasteiger partial charge in [0.05, 0.1) is 6.61 Å². The lowest BCUT2D eigenvalue weighted by Gasteiger charge is -2.28. The maximum atomic E-state index is 9.96. The number of hydrogen-bond donors (Lipinski definition) is 1. The van der Waals surface area contributed by atoms with Crippen molar-refractivity contribution in [2.75, 3.05) is 19.0 Å². The molecule has 1 aromatic rings. The predicted octanol–water partition coefficient (Wildman–Crippen LogP) is 2.33. The van der Waals surface area contributed by atoms with Gasteiger partial charge < -0.3 is 14.6 Å². The molecule has 0 saturated carbocycles. The van der Waals surface area contributed by atoms with E-state index in [1.165, 1.54) is 0 Å². The lowest BCUT2D eigenvalue weighted by molar-refractivity contribution is -0.0209. The first-order valence-electron chi connectivity index (χ1n) is 5.95. The molecule has 0 aromatic heterocycles. The van der Waals surface area contributed by atoms with Gasteiger partial charge in [-0.15, -0.1) is 11.8 Å². The van der Waals surface area contributed by atoms with Crippen LogP contribution >= 0.6 is 11.8 Å². The zero-order valence-corrected chi connectivity index (χ0v) is 10.8. The second kappa shape index (κ2) is 6.28. The summed E-state index contributed by atoms with van der Waals surface area (Å²) in [6.07, 6.45) is 0.240. The summed E-state index contributed by atoms with van der Waals surface area (Å²) in [7, 11) is 0. The SMILES string of the molecule is CCCOCC(O)C1CSc2ccccc2O1. The maximum Gasteiger partial charge on any atom is 0.136 e. The quantitative estimate of drug-likeness (QED) is 0.819. The van der Waals surface area contributed by atoms with Gasteiger partial charge in [-0.05, 0) is 18.6 Å². The van der Waals surface area contributed by atoms with Crippen LogP contribution < -0.4 is 4.74 Å². The van der Waals surface area contributed by atoms with Crippen molar-refractivity contribution < 1.29 is 14.6 Å². The summed E-state index contributed by atoms with van der Waals surface area (Å²) in [4.78, 5) is 1.14. The number of aliphatic hydroxyl groups is 1. The average Bonchev–Trinajstić information content (AvgIpc) is 2.38. The van der Waals surface area contributed by atoms with Gasteiger partial charge in [0.15, 0.2) is 0 Å². The van der Waals surface area contributed by atoms with Gasteiger partial charge in [0.1, 0.15) is 18.0 Å². The van der Waals surface area contributed by atoms with Crippen molar-refractivity contribution in [3.05, 3.63) is 24.3 Å². The van der Waals surface area contributed by atoms with Crippen LogP contribution in [-0.4, -0.2) is 36.3 Å². The molecule has 2 rings (SSSR count). The number of para-hydroxylation sites is 1. The first kappa shape index (κ1) is 12.7. The zero-order chi connectivity index (χ0) is 12.1. The third-order valence-corrected chi connectivity index (χ3v) is 3.74. The van der Waals surface area contributed by atoms with E-state index in [4.69, 9.17) is 9.47 Å². The van der Waals surface area contributed by atoms with Crippen LogP contribution in [0.2, 0.25) is 0 Å². The van der Waals surface area contributed by atoms with Gasteiger partial charge in [-0.2, -0.15) is 0 Å². The fourth-order valence-corrected chi connectivity index (χ4v) is 2.75. The summed E-state index contributed by atoms with van der Waals surface area (Å²) < 4.78 is 11.1. The van der Waals surface area contributed by atoms with Crippen LogP contribution in [0.3, 0.4) is 0 Å². The predicted molar refractivity (Wildman–Crippen MR) is 68.7 cm³/mol. The number of benzene rings is 1. The molecule has 1 aliphatic rings. The van der Waals surface area contributed by atoms with E-state index in [0.717, 1.165) is 22.8 Å². The summed E-state index contributed by atoms with van der Waals surface area (Å²) in [5, 5.41) is 9.96. The third kappa shape index (κ3) is 3.37. The molecule has 94 valence electrons. The van der Waals surface area contributed by atoms with Crippen molar-refractivity contribution in [3.63, 3.8) is 0 Å². The van der Waals surface area contributed by atoms with E-state index in [2.05, 4.69) is 6.92 Å². The van der Waals surface area contributed by atoms with Crippen molar-refractivity contribution >= 4 is 11.8 Å². The molecule has 0 aliphatic carbocycles. The van der Waals surface area contributed by atoms with E-state index in [1.807, 2.05) is 24.3 Å². The van der Waals surface area contributed by atoms with Gasteiger partial charge in [-0.3, -0.25) is 0 Å². The smallest absolute Gasteiger partial charge is 0.136 e. The minimum absolute atomic E-state index is 0.174. The van der Waals surface area contributed by atoms with Crippen LogP contribution in [0, 0.1) is 0 Å². The molecule has 1 heterocycles. The second-order valence-corrected chi connectivity index (χ2v) is 5.12. The number of thioether (sulfide) groups is 1. The van der Waals surface area contributed by atoms with Crippen LogP contribution in [0.4, 0.5) is 0 Å². The molecule has 1 aliphatic heterocycles. The Morgan fingerprint density at radius 1 is 1.53 bits per heavy atom. The summed E-state index contributed by atoms with van der Waals surface area (Å²) in [5.41, 5.74) is 0. The van der Waals surface area contributed by atoms with Crippen LogP contribution in [0.15, 0.2) is 29.2 Å². The number of hydrogen-bond acceptors (Lipinski definition) is 4. The largest absolute Gasteiger partial charge is 0.486 e. The van der Waals surface area contributed by atoms with E-state index < -0.39 is 6.10 Å². The van der Waals surface area contributed by atoms with Crippen LogP contribution in [0.25, 0.3) is 0 Å². The normalized spacial score (nSPS) is 20.5. The van der Waals surface area contributed by atoms with E-state index in [0.29, 0.717) is 13.2 Å². The molecular weight excluding hydrogens is 236 g/mol. The summed E-state index contributed by atoms with van der Waals surface area (Å²) in [5.74, 6) is 1.64. The molecule has 2 atom stereocenters. The first-order chi connectivity index (χ1) is 8.31. The fraction of sp³-hybridized carbons (Fsp3) is 0.538. The molecule has 0 saturated heterocycles. The van der Waals surface area contributed by atoms with Crippen LogP contribution in [0.1, 0.15) is 13.3 Å². The van der Waals surface area contributed by atoms with Crippen molar-refractivity contribution in [2.24, 2.45) is 0 Å². The highest BCUT2D eigenvalue weighted by Crippen LogP contribution is 2.35. The number of ether oxygens (including phenoxy) is 2. The highest BCUT2D eigenvalue weighted by molar-refractivity contribution is 7.99. The first-order valence-corrected chi connectivity index (χ1v) is 6.94. The second-order valence-electron chi connectivity index (χ2n) is 4.06. The van der Waals surface area contributed by atoms with Crippen molar-refractivity contribution in [1.29, 1.82) is 0 Å². The lowest BCUT2D eigenvalue weighted by atomic mass is 10.2. The lowest BCUT2D eigenvalue weighted by Crippen LogP contribution is -2.39. The molecule has 0 radical (unpaired) electrons. The minimum Gasteiger partial charge on any atom is -0.486 e. The van der Waals surface area contributed by atoms with Crippen LogP contribution in [-0.2, 0) is 4.74 Å². The highest BCUT2D eigenvalue weighted by Gasteiger charge is 2.26. The molecule has 0 spiro atoms. The average molecular weight is 254 g/mol. The van der Waals surface area contributed by atoms with Crippen LogP contribution in [0.5, 0.6) is 5.75 Å². The fourth-order valence-electron chi connectivity index (χ4n) is 1.68. The Morgan fingerprint density at radius 3 is 3.18 bits per heavy atom. The summed E-state index contributed by atoms with van der Waals surface area (Å²) in [6, 6.07) is 7.92. The Labute approximate surface area is 106 Å². The summed E-state index contributed by atoms with van der Waals surface area (Å²) >= 11 is 1.72. The standard InChI is InChI=1S/C13H18O3S/c1-2-7-15-8-10(14)12-9-17-13-6-4-3-5-11(13)16-12/h3-6,10,12,14H,2,7-9H2,1H3. The molecule has 0 bridgehead atoms. The third-order valence-electron chi connectivity index (χ3n) is 2.60. The van der Waals surface area contributed by atoms with E-state index in [-0.39, 0.29) is 6.10 Å². The van der Waals surface area contributed by atoms with E-state index in [9.17, 15) is 5.11 Å². The molecule has 1 aromatic carbocycles.